The van der Waals surface area contributed by atoms with Crippen molar-refractivity contribution >= 4 is 17.5 Å². The highest BCUT2D eigenvalue weighted by molar-refractivity contribution is 6.30. The number of carbonyl (C=O) groups is 1. The maximum atomic E-state index is 12.0. The van der Waals surface area contributed by atoms with E-state index in [0.29, 0.717) is 6.54 Å². The third kappa shape index (κ3) is 3.95. The number of hydrogen-bond donors (Lipinski definition) is 1. The predicted molar refractivity (Wildman–Crippen MR) is 76.2 cm³/mol. The Kier molecular flexibility index (Phi) is 4.83. The average Bonchev–Trinajstić information content (AvgIpc) is 3.23. The van der Waals surface area contributed by atoms with Crippen LogP contribution in [0.1, 0.15) is 30.2 Å². The summed E-state index contributed by atoms with van der Waals surface area (Å²) in [6.07, 6.45) is 3.33. The number of hydrogen-bond acceptors (Lipinski definition) is 2. The Morgan fingerprint density at radius 1 is 1.42 bits per heavy atom. The fraction of sp³-hybridized carbons (Fsp3) is 0.533. The van der Waals surface area contributed by atoms with Crippen molar-refractivity contribution in [3.05, 3.63) is 35.9 Å². The van der Waals surface area contributed by atoms with Crippen molar-refractivity contribution in [3.8, 4) is 0 Å². The smallest absolute Gasteiger partial charge is 0.242 e. The standard InChI is InChI=1S/C15H20ClNO2/c1-19-10-9-15(7-8-15)11-17-14(18)13(16)12-5-3-2-4-6-12/h2-6,13H,7-11H2,1H3,(H,17,18). The first-order valence-electron chi connectivity index (χ1n) is 6.63. The largest absolute Gasteiger partial charge is 0.385 e. The molecule has 2 rings (SSSR count). The molecule has 104 valence electrons. The van der Waals surface area contributed by atoms with Gasteiger partial charge in [0.15, 0.2) is 0 Å². The van der Waals surface area contributed by atoms with Crippen LogP contribution in [0.25, 0.3) is 0 Å². The molecule has 0 aromatic heterocycles. The molecule has 1 aliphatic rings. The van der Waals surface area contributed by atoms with Gasteiger partial charge in [-0.3, -0.25) is 4.79 Å². The van der Waals surface area contributed by atoms with E-state index < -0.39 is 5.38 Å². The SMILES string of the molecule is COCCC1(CNC(=O)C(Cl)c2ccccc2)CC1. The Morgan fingerprint density at radius 2 is 2.11 bits per heavy atom. The molecule has 0 aliphatic heterocycles. The second kappa shape index (κ2) is 6.40. The lowest BCUT2D eigenvalue weighted by atomic mass is 10.0. The molecule has 0 heterocycles. The van der Waals surface area contributed by atoms with E-state index in [0.717, 1.165) is 31.4 Å². The van der Waals surface area contributed by atoms with Gasteiger partial charge in [0.1, 0.15) is 5.38 Å². The van der Waals surface area contributed by atoms with E-state index in [1.54, 1.807) is 7.11 Å². The minimum Gasteiger partial charge on any atom is -0.385 e. The van der Waals surface area contributed by atoms with Crippen LogP contribution in [0.15, 0.2) is 30.3 Å². The number of amides is 1. The van der Waals surface area contributed by atoms with Crippen LogP contribution in [0.4, 0.5) is 0 Å². The summed E-state index contributed by atoms with van der Waals surface area (Å²) in [4.78, 5) is 12.0. The summed E-state index contributed by atoms with van der Waals surface area (Å²) in [5.41, 5.74) is 1.09. The maximum Gasteiger partial charge on any atom is 0.242 e. The van der Waals surface area contributed by atoms with Gasteiger partial charge >= 0.3 is 0 Å². The summed E-state index contributed by atoms with van der Waals surface area (Å²) in [5.74, 6) is -0.114. The van der Waals surface area contributed by atoms with Gasteiger partial charge < -0.3 is 10.1 Å². The molecule has 1 atom stereocenters. The van der Waals surface area contributed by atoms with E-state index in [-0.39, 0.29) is 11.3 Å². The van der Waals surface area contributed by atoms with Gasteiger partial charge in [-0.1, -0.05) is 30.3 Å². The summed E-state index contributed by atoms with van der Waals surface area (Å²) < 4.78 is 5.10. The zero-order valence-corrected chi connectivity index (χ0v) is 12.0. The molecule has 19 heavy (non-hydrogen) atoms. The summed E-state index contributed by atoms with van der Waals surface area (Å²) in [6, 6.07) is 9.43. The first-order valence-corrected chi connectivity index (χ1v) is 7.06. The second-order valence-corrected chi connectivity index (χ2v) is 5.67. The quantitative estimate of drug-likeness (QED) is 0.781. The van der Waals surface area contributed by atoms with Crippen LogP contribution >= 0.6 is 11.6 Å². The number of halogens is 1. The first kappa shape index (κ1) is 14.4. The van der Waals surface area contributed by atoms with Gasteiger partial charge in [0.05, 0.1) is 0 Å². The Morgan fingerprint density at radius 3 is 2.68 bits per heavy atom. The molecule has 1 aromatic rings. The number of ether oxygens (including phenoxy) is 1. The van der Waals surface area contributed by atoms with Gasteiger partial charge in [0, 0.05) is 20.3 Å². The summed E-state index contributed by atoms with van der Waals surface area (Å²) >= 11 is 6.17. The average molecular weight is 282 g/mol. The zero-order valence-electron chi connectivity index (χ0n) is 11.2. The van der Waals surface area contributed by atoms with E-state index in [1.807, 2.05) is 30.3 Å². The third-order valence-electron chi connectivity index (χ3n) is 3.75. The molecule has 0 saturated heterocycles. The number of methoxy groups -OCH3 is 1. The molecule has 0 spiro atoms. The minimum absolute atomic E-state index is 0.114. The van der Waals surface area contributed by atoms with E-state index in [9.17, 15) is 4.79 Å². The minimum atomic E-state index is -0.612. The second-order valence-electron chi connectivity index (χ2n) is 5.23. The zero-order chi connectivity index (χ0) is 13.7. The summed E-state index contributed by atoms with van der Waals surface area (Å²) in [5, 5.41) is 2.35. The Balaban J connectivity index is 1.81. The van der Waals surface area contributed by atoms with Crippen molar-refractivity contribution in [2.75, 3.05) is 20.3 Å². The van der Waals surface area contributed by atoms with Crippen LogP contribution < -0.4 is 5.32 Å². The van der Waals surface area contributed by atoms with Crippen molar-refractivity contribution in [2.45, 2.75) is 24.6 Å². The molecular formula is C15H20ClNO2. The fourth-order valence-corrected chi connectivity index (χ4v) is 2.37. The fourth-order valence-electron chi connectivity index (χ4n) is 2.15. The Hall–Kier alpha value is -1.06. The summed E-state index contributed by atoms with van der Waals surface area (Å²) in [7, 11) is 1.71. The lowest BCUT2D eigenvalue weighted by molar-refractivity contribution is -0.121. The van der Waals surface area contributed by atoms with Gasteiger partial charge in [-0.15, -0.1) is 11.6 Å². The molecule has 1 amide bonds. The monoisotopic (exact) mass is 281 g/mol. The van der Waals surface area contributed by atoms with Gasteiger partial charge in [-0.05, 0) is 30.2 Å². The molecule has 1 N–H and O–H groups in total. The highest BCUT2D eigenvalue weighted by atomic mass is 35.5. The number of benzene rings is 1. The molecule has 1 aromatic carbocycles. The van der Waals surface area contributed by atoms with Gasteiger partial charge in [0.25, 0.3) is 0 Å². The predicted octanol–water partition coefficient (Wildman–Crippen LogP) is 2.90. The molecule has 1 fully saturated rings. The summed E-state index contributed by atoms with van der Waals surface area (Å²) in [6.45, 7) is 1.45. The van der Waals surface area contributed by atoms with Crippen LogP contribution in [0, 0.1) is 5.41 Å². The lowest BCUT2D eigenvalue weighted by Gasteiger charge is -2.17. The van der Waals surface area contributed by atoms with Gasteiger partial charge in [-0.2, -0.15) is 0 Å². The molecule has 0 radical (unpaired) electrons. The molecule has 1 saturated carbocycles. The number of nitrogens with one attached hydrogen (secondary N) is 1. The Bertz CT molecular complexity index is 417. The molecule has 1 aliphatic carbocycles. The maximum absolute atomic E-state index is 12.0. The topological polar surface area (TPSA) is 38.3 Å². The van der Waals surface area contributed by atoms with Crippen molar-refractivity contribution < 1.29 is 9.53 Å². The first-order chi connectivity index (χ1) is 9.17. The van der Waals surface area contributed by atoms with Gasteiger partial charge in [-0.25, -0.2) is 0 Å². The van der Waals surface area contributed by atoms with E-state index in [1.165, 1.54) is 0 Å². The highest BCUT2D eigenvalue weighted by Crippen LogP contribution is 2.48. The van der Waals surface area contributed by atoms with Crippen LogP contribution in [-0.4, -0.2) is 26.2 Å². The van der Waals surface area contributed by atoms with Crippen LogP contribution in [0.3, 0.4) is 0 Å². The molecule has 1 unspecified atom stereocenters. The van der Waals surface area contributed by atoms with Crippen LogP contribution in [-0.2, 0) is 9.53 Å². The number of alkyl halides is 1. The lowest BCUT2D eigenvalue weighted by Crippen LogP contribution is -2.33. The normalized spacial score (nSPS) is 17.8. The van der Waals surface area contributed by atoms with E-state index in [2.05, 4.69) is 5.32 Å². The van der Waals surface area contributed by atoms with Crippen molar-refractivity contribution in [1.29, 1.82) is 0 Å². The van der Waals surface area contributed by atoms with Crippen LogP contribution in [0.5, 0.6) is 0 Å². The van der Waals surface area contributed by atoms with E-state index in [4.69, 9.17) is 16.3 Å². The van der Waals surface area contributed by atoms with E-state index >= 15 is 0 Å². The molecule has 0 bridgehead atoms. The molecular weight excluding hydrogens is 262 g/mol. The highest BCUT2D eigenvalue weighted by Gasteiger charge is 2.42. The number of carbonyl (C=O) groups excluding carboxylic acids is 1. The van der Waals surface area contributed by atoms with Crippen molar-refractivity contribution in [1.82, 2.24) is 5.32 Å². The van der Waals surface area contributed by atoms with Crippen molar-refractivity contribution in [3.63, 3.8) is 0 Å². The van der Waals surface area contributed by atoms with Crippen molar-refractivity contribution in [2.24, 2.45) is 5.41 Å². The number of rotatable bonds is 7. The van der Waals surface area contributed by atoms with Crippen LogP contribution in [0.2, 0.25) is 0 Å². The molecule has 3 nitrogen and oxygen atoms in total. The third-order valence-corrected chi connectivity index (χ3v) is 4.20. The Labute approximate surface area is 119 Å². The van der Waals surface area contributed by atoms with Gasteiger partial charge in [0.2, 0.25) is 5.91 Å². The molecule has 4 heteroatoms.